The Morgan fingerprint density at radius 3 is 2.19 bits per heavy atom. The van der Waals surface area contributed by atoms with E-state index in [1.54, 1.807) is 6.20 Å². The van der Waals surface area contributed by atoms with Crippen molar-refractivity contribution in [1.29, 1.82) is 0 Å². The first-order chi connectivity index (χ1) is 12.3. The molecule has 2 rings (SSSR count). The largest absolute Gasteiger partial charge is 0.370 e. The molecular formula is C22H31N3O. The van der Waals surface area contributed by atoms with E-state index < -0.39 is 0 Å². The maximum absolute atomic E-state index is 12.6. The molecule has 4 heteroatoms. The number of carbonyl (C=O) groups is 1. The Balaban J connectivity index is 2.13. The Labute approximate surface area is 157 Å². The Hall–Kier alpha value is -2.36. The van der Waals surface area contributed by atoms with Gasteiger partial charge in [-0.3, -0.25) is 9.78 Å². The number of carbonyl (C=O) groups excluding carboxylic acids is 1. The molecule has 26 heavy (non-hydrogen) atoms. The first-order valence-electron chi connectivity index (χ1n) is 9.47. The lowest BCUT2D eigenvalue weighted by Crippen LogP contribution is -2.25. The minimum absolute atomic E-state index is 0.100. The van der Waals surface area contributed by atoms with Crippen LogP contribution in [-0.4, -0.2) is 24.0 Å². The molecule has 4 nitrogen and oxygen atoms in total. The van der Waals surface area contributed by atoms with Gasteiger partial charge in [-0.05, 0) is 42.0 Å². The van der Waals surface area contributed by atoms with Gasteiger partial charge in [0.25, 0.3) is 5.91 Å². The second-order valence-corrected chi connectivity index (χ2v) is 7.70. The van der Waals surface area contributed by atoms with Gasteiger partial charge in [0.2, 0.25) is 0 Å². The SMILES string of the molecule is CCCN(CCC)c1cncc(C(=O)Nc2ccc(C(C)(C)C)cc2)c1. The molecule has 0 atom stereocenters. The quantitative estimate of drug-likeness (QED) is 0.738. The third kappa shape index (κ3) is 5.32. The second-order valence-electron chi connectivity index (χ2n) is 7.70. The smallest absolute Gasteiger partial charge is 0.257 e. The number of hydrogen-bond donors (Lipinski definition) is 1. The highest BCUT2D eigenvalue weighted by Gasteiger charge is 2.14. The van der Waals surface area contributed by atoms with Crippen LogP contribution in [0.15, 0.2) is 42.7 Å². The molecule has 0 bridgehead atoms. The highest BCUT2D eigenvalue weighted by molar-refractivity contribution is 6.04. The van der Waals surface area contributed by atoms with Crippen LogP contribution in [0.4, 0.5) is 11.4 Å². The minimum Gasteiger partial charge on any atom is -0.370 e. The summed E-state index contributed by atoms with van der Waals surface area (Å²) in [5.41, 5.74) is 3.73. The molecule has 1 aromatic heterocycles. The second kappa shape index (κ2) is 8.84. The summed E-state index contributed by atoms with van der Waals surface area (Å²) in [5.74, 6) is -0.129. The number of nitrogens with zero attached hydrogens (tertiary/aromatic N) is 2. The van der Waals surface area contributed by atoms with Crippen molar-refractivity contribution in [3.05, 3.63) is 53.9 Å². The van der Waals surface area contributed by atoms with E-state index in [1.807, 2.05) is 24.4 Å². The third-order valence-electron chi connectivity index (χ3n) is 4.35. The van der Waals surface area contributed by atoms with Crippen LogP contribution in [0.3, 0.4) is 0 Å². The summed E-state index contributed by atoms with van der Waals surface area (Å²) in [6.45, 7) is 12.8. The van der Waals surface area contributed by atoms with E-state index in [2.05, 4.69) is 62.0 Å². The van der Waals surface area contributed by atoms with Crippen LogP contribution in [0.2, 0.25) is 0 Å². The molecule has 1 N–H and O–H groups in total. The van der Waals surface area contributed by atoms with Gasteiger partial charge >= 0.3 is 0 Å². The maximum atomic E-state index is 12.6. The zero-order valence-electron chi connectivity index (χ0n) is 16.7. The van der Waals surface area contributed by atoms with Crippen molar-refractivity contribution in [2.24, 2.45) is 0 Å². The third-order valence-corrected chi connectivity index (χ3v) is 4.35. The lowest BCUT2D eigenvalue weighted by molar-refractivity contribution is 0.102. The summed E-state index contributed by atoms with van der Waals surface area (Å²) < 4.78 is 0. The van der Waals surface area contributed by atoms with Gasteiger partial charge in [0, 0.05) is 25.0 Å². The van der Waals surface area contributed by atoms with Gasteiger partial charge in [0.1, 0.15) is 0 Å². The minimum atomic E-state index is -0.129. The molecular weight excluding hydrogens is 322 g/mol. The van der Waals surface area contributed by atoms with E-state index in [4.69, 9.17) is 0 Å². The van der Waals surface area contributed by atoms with Crippen molar-refractivity contribution < 1.29 is 4.79 Å². The molecule has 140 valence electrons. The molecule has 0 fully saturated rings. The number of amides is 1. The highest BCUT2D eigenvalue weighted by atomic mass is 16.1. The number of rotatable bonds is 7. The molecule has 0 unspecified atom stereocenters. The number of hydrogen-bond acceptors (Lipinski definition) is 3. The highest BCUT2D eigenvalue weighted by Crippen LogP contribution is 2.24. The fraction of sp³-hybridized carbons (Fsp3) is 0.455. The number of benzene rings is 1. The van der Waals surface area contributed by atoms with Crippen LogP contribution in [-0.2, 0) is 5.41 Å². The van der Waals surface area contributed by atoms with E-state index in [0.717, 1.165) is 37.3 Å². The summed E-state index contributed by atoms with van der Waals surface area (Å²) in [6.07, 6.45) is 5.59. The molecule has 0 aliphatic rings. The summed E-state index contributed by atoms with van der Waals surface area (Å²) >= 11 is 0. The van der Waals surface area contributed by atoms with Crippen LogP contribution >= 0.6 is 0 Å². The van der Waals surface area contributed by atoms with Crippen molar-refractivity contribution in [2.45, 2.75) is 52.9 Å². The van der Waals surface area contributed by atoms with E-state index in [9.17, 15) is 4.79 Å². The fourth-order valence-corrected chi connectivity index (χ4v) is 2.89. The lowest BCUT2D eigenvalue weighted by Gasteiger charge is -2.23. The fourth-order valence-electron chi connectivity index (χ4n) is 2.89. The van der Waals surface area contributed by atoms with Gasteiger partial charge in [-0.15, -0.1) is 0 Å². The van der Waals surface area contributed by atoms with Crippen LogP contribution in [0.25, 0.3) is 0 Å². The first kappa shape index (κ1) is 20.0. The van der Waals surface area contributed by atoms with Crippen molar-refractivity contribution in [3.63, 3.8) is 0 Å². The zero-order valence-corrected chi connectivity index (χ0v) is 16.7. The van der Waals surface area contributed by atoms with Gasteiger partial charge in [0.05, 0.1) is 17.4 Å². The molecule has 1 heterocycles. The number of anilines is 2. The zero-order chi connectivity index (χ0) is 19.2. The lowest BCUT2D eigenvalue weighted by atomic mass is 9.87. The molecule has 0 saturated carbocycles. The summed E-state index contributed by atoms with van der Waals surface area (Å²) in [4.78, 5) is 19.2. The van der Waals surface area contributed by atoms with Crippen LogP contribution in [0.5, 0.6) is 0 Å². The van der Waals surface area contributed by atoms with Crippen molar-refractivity contribution >= 4 is 17.3 Å². The monoisotopic (exact) mass is 353 g/mol. The van der Waals surface area contributed by atoms with Crippen molar-refractivity contribution in [2.75, 3.05) is 23.3 Å². The van der Waals surface area contributed by atoms with Gasteiger partial charge in [-0.25, -0.2) is 0 Å². The predicted molar refractivity (Wildman–Crippen MR) is 110 cm³/mol. The van der Waals surface area contributed by atoms with Gasteiger partial charge in [-0.2, -0.15) is 0 Å². The molecule has 1 aromatic carbocycles. The Bertz CT molecular complexity index is 711. The van der Waals surface area contributed by atoms with Gasteiger partial charge in [0.15, 0.2) is 0 Å². The number of nitrogens with one attached hydrogen (secondary N) is 1. The topological polar surface area (TPSA) is 45.2 Å². The van der Waals surface area contributed by atoms with E-state index >= 15 is 0 Å². The average Bonchev–Trinajstić information content (AvgIpc) is 2.61. The predicted octanol–water partition coefficient (Wildman–Crippen LogP) is 5.26. The van der Waals surface area contributed by atoms with Crippen LogP contribution in [0, 0.1) is 0 Å². The number of pyridine rings is 1. The van der Waals surface area contributed by atoms with E-state index in [-0.39, 0.29) is 11.3 Å². The Morgan fingerprint density at radius 1 is 1.04 bits per heavy atom. The molecule has 2 aromatic rings. The van der Waals surface area contributed by atoms with Crippen molar-refractivity contribution in [3.8, 4) is 0 Å². The van der Waals surface area contributed by atoms with E-state index in [0.29, 0.717) is 5.56 Å². The number of aromatic nitrogens is 1. The standard InChI is InChI=1S/C22H31N3O/c1-6-12-25(13-7-2)20-14-17(15-23-16-20)21(26)24-19-10-8-18(9-11-19)22(3,4)5/h8-11,14-16H,6-7,12-13H2,1-5H3,(H,24,26). The average molecular weight is 354 g/mol. The molecule has 0 spiro atoms. The Morgan fingerprint density at radius 2 is 1.65 bits per heavy atom. The summed E-state index contributed by atoms with van der Waals surface area (Å²) in [6, 6.07) is 9.96. The first-order valence-corrected chi connectivity index (χ1v) is 9.47. The molecule has 1 amide bonds. The van der Waals surface area contributed by atoms with Gasteiger partial charge in [-0.1, -0.05) is 46.8 Å². The van der Waals surface area contributed by atoms with E-state index in [1.165, 1.54) is 5.56 Å². The van der Waals surface area contributed by atoms with Crippen molar-refractivity contribution in [1.82, 2.24) is 4.98 Å². The maximum Gasteiger partial charge on any atom is 0.257 e. The molecule has 0 saturated heterocycles. The summed E-state index contributed by atoms with van der Waals surface area (Å²) in [7, 11) is 0. The Kier molecular flexibility index (Phi) is 6.78. The molecule has 0 radical (unpaired) electrons. The summed E-state index contributed by atoms with van der Waals surface area (Å²) in [5, 5.41) is 2.97. The van der Waals surface area contributed by atoms with Crippen LogP contribution in [0.1, 0.15) is 63.4 Å². The molecule has 0 aliphatic heterocycles. The van der Waals surface area contributed by atoms with Gasteiger partial charge < -0.3 is 10.2 Å². The normalized spacial score (nSPS) is 11.3. The van der Waals surface area contributed by atoms with Crippen LogP contribution < -0.4 is 10.2 Å². The molecule has 0 aliphatic carbocycles.